The average molecular weight is 280 g/mol. The van der Waals surface area contributed by atoms with Crippen LogP contribution in [0.15, 0.2) is 18.2 Å². The topological polar surface area (TPSA) is 59.6 Å². The first-order valence-electron chi connectivity index (χ1n) is 6.92. The molecule has 0 atom stereocenters. The number of rotatable bonds is 9. The Bertz CT molecular complexity index is 422. The normalized spacial score (nSPS) is 10.2. The van der Waals surface area contributed by atoms with E-state index in [0.717, 1.165) is 24.4 Å². The lowest BCUT2D eigenvalue weighted by molar-refractivity contribution is -0.120. The quantitative estimate of drug-likeness (QED) is 0.676. The summed E-state index contributed by atoms with van der Waals surface area (Å²) in [6.45, 7) is 4.31. The molecule has 1 rings (SSSR count). The van der Waals surface area contributed by atoms with Crippen molar-refractivity contribution >= 4 is 5.91 Å². The predicted octanol–water partition coefficient (Wildman–Crippen LogP) is 1.71. The van der Waals surface area contributed by atoms with E-state index < -0.39 is 0 Å². The summed E-state index contributed by atoms with van der Waals surface area (Å²) in [5, 5.41) is 5.85. The Hall–Kier alpha value is -1.75. The highest BCUT2D eigenvalue weighted by Gasteiger charge is 2.06. The van der Waals surface area contributed by atoms with E-state index in [-0.39, 0.29) is 5.91 Å². The third-order valence-corrected chi connectivity index (χ3v) is 2.89. The number of carbonyl (C=O) groups excluding carboxylic acids is 1. The van der Waals surface area contributed by atoms with Crippen molar-refractivity contribution < 1.29 is 14.3 Å². The number of benzene rings is 1. The summed E-state index contributed by atoms with van der Waals surface area (Å²) >= 11 is 0. The molecule has 112 valence electrons. The van der Waals surface area contributed by atoms with Gasteiger partial charge in [0, 0.05) is 20.0 Å². The Kier molecular flexibility index (Phi) is 7.50. The van der Waals surface area contributed by atoms with Gasteiger partial charge in [0.25, 0.3) is 0 Å². The molecule has 1 aromatic carbocycles. The predicted molar refractivity (Wildman–Crippen MR) is 79.2 cm³/mol. The van der Waals surface area contributed by atoms with Crippen molar-refractivity contribution in [2.24, 2.45) is 0 Å². The lowest BCUT2D eigenvalue weighted by Crippen LogP contribution is -2.18. The van der Waals surface area contributed by atoms with Gasteiger partial charge in [-0.05, 0) is 30.7 Å². The molecule has 0 aliphatic carbocycles. The molecule has 1 amide bonds. The number of nitrogens with one attached hydrogen (secondary N) is 2. The van der Waals surface area contributed by atoms with Crippen molar-refractivity contribution in [3.8, 4) is 11.5 Å². The summed E-state index contributed by atoms with van der Waals surface area (Å²) in [5.41, 5.74) is 1.15. The highest BCUT2D eigenvalue weighted by atomic mass is 16.5. The minimum Gasteiger partial charge on any atom is -0.493 e. The zero-order chi connectivity index (χ0) is 14.8. The standard InChI is InChI=1S/C15H24N2O3/c1-4-17-11-12-7-8-13(14(10-12)19-3)20-9-5-6-15(18)16-2/h7-8,10,17H,4-6,9,11H2,1-3H3,(H,16,18). The molecule has 0 bridgehead atoms. The molecule has 0 unspecified atom stereocenters. The number of amides is 1. The smallest absolute Gasteiger partial charge is 0.219 e. The van der Waals surface area contributed by atoms with Crippen LogP contribution in [-0.2, 0) is 11.3 Å². The number of methoxy groups -OCH3 is 1. The minimum atomic E-state index is 0.0292. The second kappa shape index (κ2) is 9.20. The second-order valence-corrected chi connectivity index (χ2v) is 4.39. The van der Waals surface area contributed by atoms with Gasteiger partial charge in [-0.3, -0.25) is 4.79 Å². The van der Waals surface area contributed by atoms with Crippen LogP contribution in [0.2, 0.25) is 0 Å². The lowest BCUT2D eigenvalue weighted by Gasteiger charge is -2.12. The Morgan fingerprint density at radius 1 is 1.30 bits per heavy atom. The van der Waals surface area contributed by atoms with Gasteiger partial charge in [-0.15, -0.1) is 0 Å². The van der Waals surface area contributed by atoms with E-state index in [2.05, 4.69) is 17.6 Å². The summed E-state index contributed by atoms with van der Waals surface area (Å²) in [5.74, 6) is 1.46. The molecular formula is C15H24N2O3. The second-order valence-electron chi connectivity index (χ2n) is 4.39. The number of carbonyl (C=O) groups is 1. The molecule has 0 aromatic heterocycles. The maximum absolute atomic E-state index is 11.1. The fraction of sp³-hybridized carbons (Fsp3) is 0.533. The van der Waals surface area contributed by atoms with Crippen LogP contribution in [0.3, 0.4) is 0 Å². The largest absolute Gasteiger partial charge is 0.493 e. The summed E-state index contributed by atoms with van der Waals surface area (Å²) in [6.07, 6.45) is 1.15. The van der Waals surface area contributed by atoms with Crippen LogP contribution in [0, 0.1) is 0 Å². The Morgan fingerprint density at radius 3 is 2.75 bits per heavy atom. The molecule has 0 spiro atoms. The highest BCUT2D eigenvalue weighted by Crippen LogP contribution is 2.28. The van der Waals surface area contributed by atoms with E-state index in [1.165, 1.54) is 0 Å². The molecule has 0 fully saturated rings. The third kappa shape index (κ3) is 5.48. The van der Waals surface area contributed by atoms with Gasteiger partial charge >= 0.3 is 0 Å². The molecular weight excluding hydrogens is 256 g/mol. The minimum absolute atomic E-state index is 0.0292. The van der Waals surface area contributed by atoms with Crippen molar-refractivity contribution in [2.75, 3.05) is 27.3 Å². The zero-order valence-electron chi connectivity index (χ0n) is 12.5. The molecule has 5 nitrogen and oxygen atoms in total. The summed E-state index contributed by atoms with van der Waals surface area (Å²) in [4.78, 5) is 11.1. The molecule has 20 heavy (non-hydrogen) atoms. The van der Waals surface area contributed by atoms with E-state index in [0.29, 0.717) is 25.2 Å². The summed E-state index contributed by atoms with van der Waals surface area (Å²) in [7, 11) is 3.26. The maximum Gasteiger partial charge on any atom is 0.219 e. The van der Waals surface area contributed by atoms with Gasteiger partial charge in [0.1, 0.15) is 0 Å². The monoisotopic (exact) mass is 280 g/mol. The summed E-state index contributed by atoms with van der Waals surface area (Å²) < 4.78 is 11.0. The molecule has 0 heterocycles. The third-order valence-electron chi connectivity index (χ3n) is 2.89. The van der Waals surface area contributed by atoms with E-state index >= 15 is 0 Å². The molecule has 0 radical (unpaired) electrons. The van der Waals surface area contributed by atoms with Crippen molar-refractivity contribution in [1.29, 1.82) is 0 Å². The van der Waals surface area contributed by atoms with Crippen LogP contribution in [-0.4, -0.2) is 33.2 Å². The Labute approximate surface area is 120 Å². The first kappa shape index (κ1) is 16.3. The van der Waals surface area contributed by atoms with Gasteiger partial charge in [0.15, 0.2) is 11.5 Å². The number of hydrogen-bond acceptors (Lipinski definition) is 4. The zero-order valence-corrected chi connectivity index (χ0v) is 12.5. The van der Waals surface area contributed by atoms with Crippen LogP contribution in [0.4, 0.5) is 0 Å². The number of hydrogen-bond donors (Lipinski definition) is 2. The van der Waals surface area contributed by atoms with E-state index in [4.69, 9.17) is 9.47 Å². The van der Waals surface area contributed by atoms with Crippen molar-refractivity contribution in [1.82, 2.24) is 10.6 Å². The summed E-state index contributed by atoms with van der Waals surface area (Å²) in [6, 6.07) is 5.89. The van der Waals surface area contributed by atoms with E-state index in [1.54, 1.807) is 14.2 Å². The van der Waals surface area contributed by atoms with Crippen LogP contribution in [0.5, 0.6) is 11.5 Å². The molecule has 0 aliphatic rings. The van der Waals surface area contributed by atoms with Crippen molar-refractivity contribution in [3.05, 3.63) is 23.8 Å². The average Bonchev–Trinajstić information content (AvgIpc) is 2.49. The number of ether oxygens (including phenoxy) is 2. The fourth-order valence-electron chi connectivity index (χ4n) is 1.75. The molecule has 0 aliphatic heterocycles. The van der Waals surface area contributed by atoms with Crippen LogP contribution < -0.4 is 20.1 Å². The SMILES string of the molecule is CCNCc1ccc(OCCCC(=O)NC)c(OC)c1. The molecule has 2 N–H and O–H groups in total. The highest BCUT2D eigenvalue weighted by molar-refractivity contribution is 5.75. The fourth-order valence-corrected chi connectivity index (χ4v) is 1.75. The van der Waals surface area contributed by atoms with Crippen molar-refractivity contribution in [2.45, 2.75) is 26.3 Å². The van der Waals surface area contributed by atoms with Crippen molar-refractivity contribution in [3.63, 3.8) is 0 Å². The molecule has 1 aromatic rings. The first-order chi connectivity index (χ1) is 9.71. The van der Waals surface area contributed by atoms with E-state index in [9.17, 15) is 4.79 Å². The van der Waals surface area contributed by atoms with Gasteiger partial charge in [-0.1, -0.05) is 13.0 Å². The van der Waals surface area contributed by atoms with Crippen LogP contribution in [0.1, 0.15) is 25.3 Å². The Balaban J connectivity index is 2.50. The van der Waals surface area contributed by atoms with Gasteiger partial charge in [0.2, 0.25) is 5.91 Å². The molecule has 0 saturated carbocycles. The van der Waals surface area contributed by atoms with Crippen LogP contribution in [0.25, 0.3) is 0 Å². The van der Waals surface area contributed by atoms with Crippen LogP contribution >= 0.6 is 0 Å². The van der Waals surface area contributed by atoms with E-state index in [1.807, 2.05) is 18.2 Å². The maximum atomic E-state index is 11.1. The van der Waals surface area contributed by atoms with Gasteiger partial charge in [-0.2, -0.15) is 0 Å². The van der Waals surface area contributed by atoms with Gasteiger partial charge in [-0.25, -0.2) is 0 Å². The lowest BCUT2D eigenvalue weighted by atomic mass is 10.2. The molecule has 0 saturated heterocycles. The Morgan fingerprint density at radius 2 is 2.10 bits per heavy atom. The van der Waals surface area contributed by atoms with Gasteiger partial charge in [0.05, 0.1) is 13.7 Å². The molecule has 5 heteroatoms. The first-order valence-corrected chi connectivity index (χ1v) is 6.92. The van der Waals surface area contributed by atoms with Gasteiger partial charge < -0.3 is 20.1 Å².